The number of nitrogens with one attached hydrogen (secondary N) is 1. The predicted molar refractivity (Wildman–Crippen MR) is 102 cm³/mol. The molecule has 0 aliphatic heterocycles. The Balaban J connectivity index is 1.63. The highest BCUT2D eigenvalue weighted by atomic mass is 15.3. The maximum absolute atomic E-state index is 4.90. The van der Waals surface area contributed by atoms with Crippen molar-refractivity contribution in [3.05, 3.63) is 29.5 Å². The third kappa shape index (κ3) is 3.18. The van der Waals surface area contributed by atoms with Crippen LogP contribution >= 0.6 is 0 Å². The molecule has 7 heteroatoms. The van der Waals surface area contributed by atoms with Gasteiger partial charge in [0.05, 0.1) is 23.8 Å². The second-order valence-electron chi connectivity index (χ2n) is 7.57. The molecule has 0 saturated heterocycles. The Labute approximate surface area is 153 Å². The van der Waals surface area contributed by atoms with Crippen LogP contribution in [0.3, 0.4) is 0 Å². The molecule has 0 aromatic carbocycles. The molecule has 1 fully saturated rings. The summed E-state index contributed by atoms with van der Waals surface area (Å²) >= 11 is 0. The highest BCUT2D eigenvalue weighted by molar-refractivity contribution is 5.86. The number of hydrogen-bond donors (Lipinski definition) is 1. The molecule has 1 N–H and O–H groups in total. The van der Waals surface area contributed by atoms with Gasteiger partial charge in [0.25, 0.3) is 0 Å². The van der Waals surface area contributed by atoms with Crippen LogP contribution in [0.2, 0.25) is 0 Å². The Morgan fingerprint density at radius 1 is 1.23 bits per heavy atom. The molecular formula is C19H27N7. The summed E-state index contributed by atoms with van der Waals surface area (Å²) in [6, 6.07) is 2.30. The molecule has 138 valence electrons. The van der Waals surface area contributed by atoms with E-state index < -0.39 is 0 Å². The second-order valence-corrected chi connectivity index (χ2v) is 7.57. The highest BCUT2D eigenvalue weighted by Crippen LogP contribution is 2.34. The van der Waals surface area contributed by atoms with Gasteiger partial charge in [-0.25, -0.2) is 9.97 Å². The molecule has 26 heavy (non-hydrogen) atoms. The summed E-state index contributed by atoms with van der Waals surface area (Å²) < 4.78 is 3.89. The molecule has 0 unspecified atom stereocenters. The maximum atomic E-state index is 4.90. The zero-order valence-electron chi connectivity index (χ0n) is 16.0. The van der Waals surface area contributed by atoms with Gasteiger partial charge in [0.15, 0.2) is 5.65 Å². The van der Waals surface area contributed by atoms with E-state index in [4.69, 9.17) is 9.97 Å². The second kappa shape index (κ2) is 6.70. The van der Waals surface area contributed by atoms with Crippen LogP contribution in [0.15, 0.2) is 12.3 Å². The molecule has 7 nitrogen and oxygen atoms in total. The molecule has 3 aromatic heterocycles. The van der Waals surface area contributed by atoms with Crippen LogP contribution in [0, 0.1) is 13.8 Å². The smallest absolute Gasteiger partial charge is 0.163 e. The van der Waals surface area contributed by atoms with Gasteiger partial charge in [0, 0.05) is 24.7 Å². The van der Waals surface area contributed by atoms with Crippen LogP contribution in [0.4, 0.5) is 5.82 Å². The number of nitrogens with zero attached hydrogens (tertiary/aromatic N) is 6. The van der Waals surface area contributed by atoms with E-state index >= 15 is 0 Å². The zero-order chi connectivity index (χ0) is 18.3. The van der Waals surface area contributed by atoms with E-state index in [9.17, 15) is 0 Å². The van der Waals surface area contributed by atoms with Gasteiger partial charge < -0.3 is 5.32 Å². The fraction of sp³-hybridized carbons (Fsp3) is 0.579. The molecule has 1 aliphatic carbocycles. The normalized spacial score (nSPS) is 16.5. The summed E-state index contributed by atoms with van der Waals surface area (Å²) in [5.41, 5.74) is 3.13. The largest absolute Gasteiger partial charge is 0.365 e. The number of fused-ring (bicyclic) bond motifs is 1. The van der Waals surface area contributed by atoms with Crippen molar-refractivity contribution in [3.8, 4) is 0 Å². The minimum absolute atomic E-state index is 0.197. The predicted octanol–water partition coefficient (Wildman–Crippen LogP) is 3.33. The van der Waals surface area contributed by atoms with E-state index in [-0.39, 0.29) is 6.04 Å². The van der Waals surface area contributed by atoms with Crippen molar-refractivity contribution in [2.45, 2.75) is 65.0 Å². The van der Waals surface area contributed by atoms with Crippen LogP contribution in [0.5, 0.6) is 0 Å². The van der Waals surface area contributed by atoms with Gasteiger partial charge in [0.2, 0.25) is 0 Å². The van der Waals surface area contributed by atoms with Gasteiger partial charge in [-0.15, -0.1) is 0 Å². The molecule has 4 rings (SSSR count). The van der Waals surface area contributed by atoms with Gasteiger partial charge in [0.1, 0.15) is 11.6 Å². The van der Waals surface area contributed by atoms with Gasteiger partial charge in [-0.05, 0) is 39.7 Å². The van der Waals surface area contributed by atoms with Gasteiger partial charge >= 0.3 is 0 Å². The zero-order valence-corrected chi connectivity index (χ0v) is 16.0. The summed E-state index contributed by atoms with van der Waals surface area (Å²) in [6.07, 6.45) is 6.77. The minimum atomic E-state index is 0.197. The SMILES string of the molecule is Cc1cc(C)n(C[C@@H](C)Nc2nc(C3CCCC3)nc3c2cnn3C)n1. The van der Waals surface area contributed by atoms with Crippen molar-refractivity contribution in [1.29, 1.82) is 0 Å². The van der Waals surface area contributed by atoms with Crippen molar-refractivity contribution >= 4 is 16.9 Å². The number of aryl methyl sites for hydroxylation is 3. The monoisotopic (exact) mass is 353 g/mol. The minimum Gasteiger partial charge on any atom is -0.365 e. The quantitative estimate of drug-likeness (QED) is 0.761. The van der Waals surface area contributed by atoms with Gasteiger partial charge in [-0.2, -0.15) is 10.2 Å². The molecule has 0 spiro atoms. The first kappa shape index (κ1) is 17.0. The van der Waals surface area contributed by atoms with Crippen LogP contribution in [0.1, 0.15) is 55.7 Å². The first-order valence-electron chi connectivity index (χ1n) is 9.48. The number of anilines is 1. The van der Waals surface area contributed by atoms with Crippen LogP contribution in [-0.2, 0) is 13.6 Å². The molecule has 1 saturated carbocycles. The van der Waals surface area contributed by atoms with Crippen molar-refractivity contribution in [1.82, 2.24) is 29.5 Å². The summed E-state index contributed by atoms with van der Waals surface area (Å²) in [6.45, 7) is 7.08. The summed E-state index contributed by atoms with van der Waals surface area (Å²) in [4.78, 5) is 9.72. The van der Waals surface area contributed by atoms with Crippen molar-refractivity contribution in [2.24, 2.45) is 7.05 Å². The van der Waals surface area contributed by atoms with Crippen LogP contribution in [-0.4, -0.2) is 35.6 Å². The summed E-state index contributed by atoms with van der Waals surface area (Å²) in [7, 11) is 1.94. The molecule has 0 radical (unpaired) electrons. The number of rotatable bonds is 5. The third-order valence-electron chi connectivity index (χ3n) is 5.26. The van der Waals surface area contributed by atoms with Crippen LogP contribution < -0.4 is 5.32 Å². The Bertz CT molecular complexity index is 918. The molecule has 3 aromatic rings. The average molecular weight is 353 g/mol. The number of hydrogen-bond acceptors (Lipinski definition) is 5. The third-order valence-corrected chi connectivity index (χ3v) is 5.26. The van der Waals surface area contributed by atoms with Crippen LogP contribution in [0.25, 0.3) is 11.0 Å². The lowest BCUT2D eigenvalue weighted by Gasteiger charge is -2.18. The molecular weight excluding hydrogens is 326 g/mol. The Kier molecular flexibility index (Phi) is 4.38. The van der Waals surface area contributed by atoms with E-state index in [1.165, 1.54) is 31.4 Å². The standard InChI is InChI=1S/C19H27N7/c1-12-9-14(3)26(24-12)11-13(2)21-18-16-10-20-25(4)19(16)23-17(22-18)15-7-5-6-8-15/h9-10,13,15H,5-8,11H2,1-4H3,(H,21,22,23)/t13-/m1/s1. The lowest BCUT2D eigenvalue weighted by Crippen LogP contribution is -2.24. The fourth-order valence-electron chi connectivity index (χ4n) is 3.91. The summed E-state index contributed by atoms with van der Waals surface area (Å²) in [5.74, 6) is 2.32. The first-order valence-corrected chi connectivity index (χ1v) is 9.48. The molecule has 1 aliphatic rings. The van der Waals surface area contributed by atoms with E-state index in [1.807, 2.05) is 29.5 Å². The van der Waals surface area contributed by atoms with Gasteiger partial charge in [-0.1, -0.05) is 12.8 Å². The van der Waals surface area contributed by atoms with Crippen molar-refractivity contribution in [2.75, 3.05) is 5.32 Å². The van der Waals surface area contributed by atoms with E-state index in [0.29, 0.717) is 5.92 Å². The first-order chi connectivity index (χ1) is 12.5. The van der Waals surface area contributed by atoms with Crippen molar-refractivity contribution < 1.29 is 0 Å². The Morgan fingerprint density at radius 3 is 2.69 bits per heavy atom. The Hall–Kier alpha value is -2.44. The molecule has 0 amide bonds. The topological polar surface area (TPSA) is 73.5 Å². The lowest BCUT2D eigenvalue weighted by molar-refractivity contribution is 0.544. The molecule has 3 heterocycles. The van der Waals surface area contributed by atoms with Gasteiger partial charge in [-0.3, -0.25) is 9.36 Å². The van der Waals surface area contributed by atoms with E-state index in [2.05, 4.69) is 35.4 Å². The molecule has 0 bridgehead atoms. The molecule has 1 atom stereocenters. The summed E-state index contributed by atoms with van der Waals surface area (Å²) in [5, 5.41) is 13.5. The average Bonchev–Trinajstić information content (AvgIpc) is 3.30. The van der Waals surface area contributed by atoms with E-state index in [1.54, 1.807) is 0 Å². The fourth-order valence-corrected chi connectivity index (χ4v) is 3.91. The Morgan fingerprint density at radius 2 is 2.00 bits per heavy atom. The highest BCUT2D eigenvalue weighted by Gasteiger charge is 2.23. The lowest BCUT2D eigenvalue weighted by atomic mass is 10.1. The number of aromatic nitrogens is 6. The van der Waals surface area contributed by atoms with Crippen molar-refractivity contribution in [3.63, 3.8) is 0 Å². The van der Waals surface area contributed by atoms with E-state index in [0.717, 1.165) is 34.9 Å². The maximum Gasteiger partial charge on any atom is 0.163 e.